The third kappa shape index (κ3) is 2.93. The maximum atomic E-state index is 4.46. The van der Waals surface area contributed by atoms with Crippen molar-refractivity contribution < 1.29 is 0 Å². The predicted molar refractivity (Wildman–Crippen MR) is 74.4 cm³/mol. The Morgan fingerprint density at radius 3 is 2.53 bits per heavy atom. The second-order valence-electron chi connectivity index (χ2n) is 4.44. The zero-order chi connectivity index (χ0) is 12.3. The molecule has 0 atom stereocenters. The van der Waals surface area contributed by atoms with Gasteiger partial charge in [0.05, 0.1) is 0 Å². The molecule has 1 aromatic heterocycles. The van der Waals surface area contributed by atoms with Crippen LogP contribution in [0.25, 0.3) is 10.6 Å². The lowest BCUT2D eigenvalue weighted by molar-refractivity contribution is 0.829. The Kier molecular flexibility index (Phi) is 3.92. The molecule has 1 heterocycles. The Hall–Kier alpha value is -1.19. The summed E-state index contributed by atoms with van der Waals surface area (Å²) in [5.74, 6) is 0.584. The summed E-state index contributed by atoms with van der Waals surface area (Å²) < 4.78 is 0. The average Bonchev–Trinajstić information content (AvgIpc) is 2.78. The van der Waals surface area contributed by atoms with Crippen molar-refractivity contribution in [3.63, 3.8) is 0 Å². The molecule has 2 nitrogen and oxygen atoms in total. The van der Waals surface area contributed by atoms with Crippen LogP contribution in [0, 0.1) is 0 Å². The van der Waals surface area contributed by atoms with Crippen LogP contribution in [0.2, 0.25) is 0 Å². The zero-order valence-corrected chi connectivity index (χ0v) is 11.3. The topological polar surface area (TPSA) is 24.9 Å². The molecule has 0 saturated heterocycles. The van der Waals surface area contributed by atoms with Gasteiger partial charge >= 0.3 is 0 Å². The molecule has 1 N–H and O–H groups in total. The normalized spacial score (nSPS) is 11.1. The van der Waals surface area contributed by atoms with Crippen LogP contribution in [0.3, 0.4) is 0 Å². The Bertz CT molecular complexity index is 471. The lowest BCUT2D eigenvalue weighted by atomic mass is 10.0. The van der Waals surface area contributed by atoms with E-state index in [1.54, 1.807) is 11.3 Å². The van der Waals surface area contributed by atoms with Gasteiger partial charge in [0.15, 0.2) is 0 Å². The van der Waals surface area contributed by atoms with Crippen molar-refractivity contribution in [1.82, 2.24) is 10.3 Å². The summed E-state index contributed by atoms with van der Waals surface area (Å²) in [4.78, 5) is 5.73. The minimum atomic E-state index is 0.584. The molecular weight excluding hydrogens is 228 g/mol. The number of nitrogens with zero attached hydrogens (tertiary/aromatic N) is 1. The van der Waals surface area contributed by atoms with E-state index in [0.717, 1.165) is 11.6 Å². The quantitative estimate of drug-likeness (QED) is 0.890. The zero-order valence-electron chi connectivity index (χ0n) is 10.5. The fourth-order valence-electron chi connectivity index (χ4n) is 1.71. The van der Waals surface area contributed by atoms with Gasteiger partial charge in [0.2, 0.25) is 0 Å². The Balaban J connectivity index is 2.21. The van der Waals surface area contributed by atoms with E-state index < -0.39 is 0 Å². The largest absolute Gasteiger partial charge is 0.315 e. The van der Waals surface area contributed by atoms with Gasteiger partial charge in [-0.2, -0.15) is 0 Å². The highest BCUT2D eigenvalue weighted by atomic mass is 32.1. The fraction of sp³-hybridized carbons (Fsp3) is 0.357. The van der Waals surface area contributed by atoms with Crippen molar-refractivity contribution in [2.24, 2.45) is 0 Å². The SMILES string of the molecule is CNCc1cnc(-c2ccc(C(C)C)cc2)s1. The van der Waals surface area contributed by atoms with Gasteiger partial charge in [-0.1, -0.05) is 38.1 Å². The molecule has 90 valence electrons. The monoisotopic (exact) mass is 246 g/mol. The molecule has 0 radical (unpaired) electrons. The van der Waals surface area contributed by atoms with Gasteiger partial charge in [-0.15, -0.1) is 11.3 Å². The fourth-order valence-corrected chi connectivity index (χ4v) is 2.64. The van der Waals surface area contributed by atoms with Crippen LogP contribution in [-0.4, -0.2) is 12.0 Å². The first-order valence-electron chi connectivity index (χ1n) is 5.90. The van der Waals surface area contributed by atoms with Gasteiger partial charge in [0.25, 0.3) is 0 Å². The Labute approximate surface area is 107 Å². The third-order valence-electron chi connectivity index (χ3n) is 2.73. The molecule has 1 aromatic carbocycles. The highest BCUT2D eigenvalue weighted by molar-refractivity contribution is 7.15. The summed E-state index contributed by atoms with van der Waals surface area (Å²) in [5, 5.41) is 4.25. The molecule has 17 heavy (non-hydrogen) atoms. The maximum Gasteiger partial charge on any atom is 0.123 e. The first kappa shape index (κ1) is 12.3. The van der Waals surface area contributed by atoms with E-state index in [-0.39, 0.29) is 0 Å². The average molecular weight is 246 g/mol. The number of aromatic nitrogens is 1. The van der Waals surface area contributed by atoms with Crippen molar-refractivity contribution in [3.05, 3.63) is 40.9 Å². The van der Waals surface area contributed by atoms with Crippen LogP contribution in [0.4, 0.5) is 0 Å². The van der Waals surface area contributed by atoms with Crippen LogP contribution in [-0.2, 0) is 6.54 Å². The van der Waals surface area contributed by atoms with Crippen molar-refractivity contribution in [2.45, 2.75) is 26.3 Å². The van der Waals surface area contributed by atoms with Crippen LogP contribution < -0.4 is 5.32 Å². The molecular formula is C14H18N2S. The van der Waals surface area contributed by atoms with Gasteiger partial charge < -0.3 is 5.32 Å². The summed E-state index contributed by atoms with van der Waals surface area (Å²) in [5.41, 5.74) is 2.59. The summed E-state index contributed by atoms with van der Waals surface area (Å²) in [6.45, 7) is 5.31. The molecule has 0 unspecified atom stereocenters. The summed E-state index contributed by atoms with van der Waals surface area (Å²) in [6, 6.07) is 8.72. The molecule has 2 rings (SSSR count). The number of hydrogen-bond acceptors (Lipinski definition) is 3. The van der Waals surface area contributed by atoms with Crippen LogP contribution in [0.5, 0.6) is 0 Å². The number of hydrogen-bond donors (Lipinski definition) is 1. The lowest BCUT2D eigenvalue weighted by Crippen LogP contribution is -2.02. The maximum absolute atomic E-state index is 4.46. The van der Waals surface area contributed by atoms with E-state index in [0.29, 0.717) is 5.92 Å². The summed E-state index contributed by atoms with van der Waals surface area (Å²) in [6.07, 6.45) is 1.95. The van der Waals surface area contributed by atoms with E-state index in [4.69, 9.17) is 0 Å². The van der Waals surface area contributed by atoms with Crippen LogP contribution >= 0.6 is 11.3 Å². The number of benzene rings is 1. The van der Waals surface area contributed by atoms with E-state index in [9.17, 15) is 0 Å². The van der Waals surface area contributed by atoms with Gasteiger partial charge in [0.1, 0.15) is 5.01 Å². The molecule has 0 amide bonds. The van der Waals surface area contributed by atoms with E-state index in [1.165, 1.54) is 16.0 Å². The van der Waals surface area contributed by atoms with E-state index in [1.807, 2.05) is 13.2 Å². The van der Waals surface area contributed by atoms with E-state index in [2.05, 4.69) is 48.4 Å². The smallest absolute Gasteiger partial charge is 0.123 e. The van der Waals surface area contributed by atoms with Crippen LogP contribution in [0.15, 0.2) is 30.5 Å². The Morgan fingerprint density at radius 1 is 1.24 bits per heavy atom. The molecule has 3 heteroatoms. The highest BCUT2D eigenvalue weighted by Crippen LogP contribution is 2.26. The van der Waals surface area contributed by atoms with E-state index >= 15 is 0 Å². The lowest BCUT2D eigenvalue weighted by Gasteiger charge is -2.05. The number of thiazole rings is 1. The third-order valence-corrected chi connectivity index (χ3v) is 3.78. The van der Waals surface area contributed by atoms with Crippen molar-refractivity contribution in [3.8, 4) is 10.6 Å². The predicted octanol–water partition coefficient (Wildman–Crippen LogP) is 3.65. The second kappa shape index (κ2) is 5.43. The summed E-state index contributed by atoms with van der Waals surface area (Å²) in [7, 11) is 1.96. The molecule has 2 aromatic rings. The van der Waals surface area contributed by atoms with Crippen molar-refractivity contribution in [2.75, 3.05) is 7.05 Å². The molecule has 0 saturated carbocycles. The Morgan fingerprint density at radius 2 is 1.94 bits per heavy atom. The molecule has 0 bridgehead atoms. The first-order chi connectivity index (χ1) is 8.20. The first-order valence-corrected chi connectivity index (χ1v) is 6.72. The molecule has 0 aliphatic carbocycles. The molecule has 0 aliphatic heterocycles. The van der Waals surface area contributed by atoms with Crippen molar-refractivity contribution >= 4 is 11.3 Å². The molecule has 0 fully saturated rings. The standard InChI is InChI=1S/C14H18N2S/c1-10(2)11-4-6-12(7-5-11)14-16-9-13(17-14)8-15-3/h4-7,9-10,15H,8H2,1-3H3. The molecule has 0 spiro atoms. The van der Waals surface area contributed by atoms with Gasteiger partial charge in [-0.3, -0.25) is 0 Å². The van der Waals surface area contributed by atoms with Gasteiger partial charge in [0, 0.05) is 23.2 Å². The van der Waals surface area contributed by atoms with Crippen LogP contribution in [0.1, 0.15) is 30.2 Å². The van der Waals surface area contributed by atoms with Crippen molar-refractivity contribution in [1.29, 1.82) is 0 Å². The second-order valence-corrected chi connectivity index (χ2v) is 5.55. The highest BCUT2D eigenvalue weighted by Gasteiger charge is 2.05. The van der Waals surface area contributed by atoms with Gasteiger partial charge in [-0.05, 0) is 18.5 Å². The number of nitrogens with one attached hydrogen (secondary N) is 1. The minimum Gasteiger partial charge on any atom is -0.315 e. The number of rotatable bonds is 4. The van der Waals surface area contributed by atoms with Gasteiger partial charge in [-0.25, -0.2) is 4.98 Å². The molecule has 0 aliphatic rings. The minimum absolute atomic E-state index is 0.584. The summed E-state index contributed by atoms with van der Waals surface area (Å²) >= 11 is 1.75.